The Balaban J connectivity index is 2.80. The van der Waals surface area contributed by atoms with Crippen LogP contribution in [0.3, 0.4) is 0 Å². The Morgan fingerprint density at radius 3 is 2.61 bits per heavy atom. The molecule has 8 nitrogen and oxygen atoms in total. The molecule has 0 aliphatic heterocycles. The van der Waals surface area contributed by atoms with Gasteiger partial charge in [0.1, 0.15) is 0 Å². The van der Waals surface area contributed by atoms with Crippen molar-refractivity contribution in [3.05, 3.63) is 39.3 Å². The summed E-state index contributed by atoms with van der Waals surface area (Å²) in [6.45, 7) is 5.13. The number of rotatable bonds is 4. The number of aryl methyl sites for hydroxylation is 2. The average Bonchev–Trinajstić information content (AvgIpc) is 2.46. The SMILES string of the molecule is CCOC(=O)c1c(C)cc2cnn(C(O)C(=O)O)c(=O)c2c1C. The molecule has 0 aliphatic carbocycles. The number of nitrogens with zero attached hydrogens (tertiary/aromatic N) is 2. The summed E-state index contributed by atoms with van der Waals surface area (Å²) >= 11 is 0. The summed E-state index contributed by atoms with van der Waals surface area (Å²) in [5.41, 5.74) is 0.433. The number of carbonyl (C=O) groups is 2. The van der Waals surface area contributed by atoms with Gasteiger partial charge in [-0.05, 0) is 38.0 Å². The van der Waals surface area contributed by atoms with Gasteiger partial charge in [-0.25, -0.2) is 9.59 Å². The zero-order chi connectivity index (χ0) is 17.3. The van der Waals surface area contributed by atoms with Gasteiger partial charge in [0.25, 0.3) is 5.56 Å². The number of ether oxygens (including phenoxy) is 1. The molecule has 8 heteroatoms. The van der Waals surface area contributed by atoms with Crippen LogP contribution < -0.4 is 5.56 Å². The number of carboxylic acids is 1. The number of esters is 1. The van der Waals surface area contributed by atoms with E-state index in [1.165, 1.54) is 6.20 Å². The Labute approximate surface area is 130 Å². The lowest BCUT2D eigenvalue weighted by atomic mass is 9.97. The molecular formula is C15H16N2O6. The molecule has 0 bridgehead atoms. The molecule has 122 valence electrons. The molecule has 1 unspecified atom stereocenters. The second-order valence-electron chi connectivity index (χ2n) is 4.98. The summed E-state index contributed by atoms with van der Waals surface area (Å²) in [4.78, 5) is 35.4. The zero-order valence-corrected chi connectivity index (χ0v) is 12.9. The molecule has 1 aromatic heterocycles. The van der Waals surface area contributed by atoms with E-state index in [1.54, 1.807) is 26.8 Å². The van der Waals surface area contributed by atoms with Crippen LogP contribution in [0, 0.1) is 13.8 Å². The summed E-state index contributed by atoms with van der Waals surface area (Å²) in [6.07, 6.45) is -0.823. The fraction of sp³-hybridized carbons (Fsp3) is 0.333. The first-order valence-corrected chi connectivity index (χ1v) is 6.89. The molecule has 1 atom stereocenters. The van der Waals surface area contributed by atoms with Gasteiger partial charge in [0.2, 0.25) is 6.23 Å². The zero-order valence-electron chi connectivity index (χ0n) is 12.9. The Hall–Kier alpha value is -2.74. The first-order valence-electron chi connectivity index (χ1n) is 6.89. The quantitative estimate of drug-likeness (QED) is 0.798. The molecule has 2 rings (SSSR count). The number of fused-ring (bicyclic) bond motifs is 1. The third kappa shape index (κ3) is 2.80. The van der Waals surface area contributed by atoms with Crippen molar-refractivity contribution in [2.24, 2.45) is 0 Å². The molecule has 0 fully saturated rings. The van der Waals surface area contributed by atoms with Crippen LogP contribution in [0.4, 0.5) is 0 Å². The van der Waals surface area contributed by atoms with Crippen molar-refractivity contribution >= 4 is 22.7 Å². The largest absolute Gasteiger partial charge is 0.478 e. The average molecular weight is 320 g/mol. The van der Waals surface area contributed by atoms with Crippen LogP contribution in [-0.2, 0) is 9.53 Å². The molecule has 0 radical (unpaired) electrons. The molecule has 0 saturated heterocycles. The van der Waals surface area contributed by atoms with E-state index in [0.717, 1.165) is 0 Å². The maximum Gasteiger partial charge on any atom is 0.356 e. The number of benzene rings is 1. The molecule has 0 aliphatic rings. The summed E-state index contributed by atoms with van der Waals surface area (Å²) in [5.74, 6) is -2.17. The number of aliphatic carboxylic acids is 1. The first-order chi connectivity index (χ1) is 10.8. The lowest BCUT2D eigenvalue weighted by Gasteiger charge is -2.14. The topological polar surface area (TPSA) is 119 Å². The van der Waals surface area contributed by atoms with Gasteiger partial charge in [0.05, 0.1) is 23.8 Å². The number of aromatic nitrogens is 2. The molecule has 0 amide bonds. The van der Waals surface area contributed by atoms with Gasteiger partial charge in [-0.3, -0.25) is 4.79 Å². The number of hydrogen-bond acceptors (Lipinski definition) is 6. The van der Waals surface area contributed by atoms with Gasteiger partial charge < -0.3 is 14.9 Å². The van der Waals surface area contributed by atoms with E-state index in [4.69, 9.17) is 9.84 Å². The van der Waals surface area contributed by atoms with Crippen molar-refractivity contribution in [2.45, 2.75) is 27.0 Å². The second kappa shape index (κ2) is 6.17. The van der Waals surface area contributed by atoms with Gasteiger partial charge in [0, 0.05) is 5.39 Å². The van der Waals surface area contributed by atoms with Crippen LogP contribution in [0.2, 0.25) is 0 Å². The van der Waals surface area contributed by atoms with Crippen LogP contribution in [0.15, 0.2) is 17.1 Å². The number of aliphatic hydroxyl groups excluding tert-OH is 1. The van der Waals surface area contributed by atoms with E-state index in [1.807, 2.05) is 0 Å². The fourth-order valence-electron chi connectivity index (χ4n) is 2.49. The van der Waals surface area contributed by atoms with Crippen molar-refractivity contribution in [3.63, 3.8) is 0 Å². The third-order valence-electron chi connectivity index (χ3n) is 3.48. The van der Waals surface area contributed by atoms with Crippen LogP contribution in [0.5, 0.6) is 0 Å². The molecule has 0 saturated carbocycles. The highest BCUT2D eigenvalue weighted by Crippen LogP contribution is 2.23. The Kier molecular flexibility index (Phi) is 4.46. The first kappa shape index (κ1) is 16.6. The maximum atomic E-state index is 12.5. The van der Waals surface area contributed by atoms with E-state index in [9.17, 15) is 19.5 Å². The van der Waals surface area contributed by atoms with Crippen molar-refractivity contribution in [1.29, 1.82) is 0 Å². The normalized spacial score (nSPS) is 12.2. The number of aliphatic hydroxyl groups is 1. The lowest BCUT2D eigenvalue weighted by Crippen LogP contribution is -2.32. The fourth-order valence-corrected chi connectivity index (χ4v) is 2.49. The highest BCUT2D eigenvalue weighted by atomic mass is 16.5. The van der Waals surface area contributed by atoms with Crippen LogP contribution >= 0.6 is 0 Å². The molecular weight excluding hydrogens is 304 g/mol. The smallest absolute Gasteiger partial charge is 0.356 e. The number of carbonyl (C=O) groups excluding carboxylic acids is 1. The highest BCUT2D eigenvalue weighted by Gasteiger charge is 2.23. The molecule has 2 aromatic rings. The predicted molar refractivity (Wildman–Crippen MR) is 80.3 cm³/mol. The monoisotopic (exact) mass is 320 g/mol. The summed E-state index contributed by atoms with van der Waals surface area (Å²) < 4.78 is 5.45. The minimum absolute atomic E-state index is 0.119. The van der Waals surface area contributed by atoms with Crippen molar-refractivity contribution in [3.8, 4) is 0 Å². The van der Waals surface area contributed by atoms with Gasteiger partial charge in [0.15, 0.2) is 0 Å². The molecule has 1 heterocycles. The predicted octanol–water partition coefficient (Wildman–Crippen LogP) is 0.766. The second-order valence-corrected chi connectivity index (χ2v) is 4.98. The maximum absolute atomic E-state index is 12.5. The van der Waals surface area contributed by atoms with Crippen molar-refractivity contribution < 1.29 is 24.5 Å². The van der Waals surface area contributed by atoms with Crippen LogP contribution in [0.1, 0.15) is 34.6 Å². The van der Waals surface area contributed by atoms with Crippen LogP contribution in [0.25, 0.3) is 10.8 Å². The van der Waals surface area contributed by atoms with Gasteiger partial charge in [-0.15, -0.1) is 0 Å². The molecule has 1 aromatic carbocycles. The molecule has 23 heavy (non-hydrogen) atoms. The number of carboxylic acid groups (broad SMARTS) is 1. The highest BCUT2D eigenvalue weighted by molar-refractivity contribution is 5.99. The van der Waals surface area contributed by atoms with E-state index in [-0.39, 0.29) is 17.6 Å². The lowest BCUT2D eigenvalue weighted by molar-refractivity contribution is -0.152. The minimum Gasteiger partial charge on any atom is -0.478 e. The Morgan fingerprint density at radius 1 is 1.39 bits per heavy atom. The van der Waals surface area contributed by atoms with E-state index < -0.39 is 23.7 Å². The summed E-state index contributed by atoms with van der Waals surface area (Å²) in [7, 11) is 0. The standard InChI is InChI=1S/C15H16N2O6/c1-4-23-15(22)10-7(2)5-9-6-16-17(13(19)14(20)21)12(18)11(9)8(10)3/h5-6,13,19H,4H2,1-3H3,(H,20,21). The number of hydrogen-bond donors (Lipinski definition) is 2. The van der Waals surface area contributed by atoms with Gasteiger partial charge in [-0.1, -0.05) is 0 Å². The molecule has 0 spiro atoms. The van der Waals surface area contributed by atoms with E-state index in [0.29, 0.717) is 21.2 Å². The van der Waals surface area contributed by atoms with Crippen molar-refractivity contribution in [2.75, 3.05) is 6.61 Å². The Morgan fingerprint density at radius 2 is 2.04 bits per heavy atom. The van der Waals surface area contributed by atoms with E-state index in [2.05, 4.69) is 5.10 Å². The Bertz CT molecular complexity index is 855. The third-order valence-corrected chi connectivity index (χ3v) is 3.48. The van der Waals surface area contributed by atoms with Crippen molar-refractivity contribution in [1.82, 2.24) is 9.78 Å². The van der Waals surface area contributed by atoms with Crippen LogP contribution in [-0.4, -0.2) is 38.5 Å². The summed E-state index contributed by atoms with van der Waals surface area (Å²) in [6, 6.07) is 1.60. The molecule has 2 N–H and O–H groups in total. The minimum atomic E-state index is -2.10. The van der Waals surface area contributed by atoms with Gasteiger partial charge >= 0.3 is 11.9 Å². The summed E-state index contributed by atoms with van der Waals surface area (Å²) in [5, 5.41) is 22.6. The van der Waals surface area contributed by atoms with Gasteiger partial charge in [-0.2, -0.15) is 9.78 Å². The van der Waals surface area contributed by atoms with E-state index >= 15 is 0 Å².